The van der Waals surface area contributed by atoms with Gasteiger partial charge in [-0.25, -0.2) is 5.90 Å². The summed E-state index contributed by atoms with van der Waals surface area (Å²) in [6, 6.07) is 7.81. The fourth-order valence-corrected chi connectivity index (χ4v) is 1.81. The maximum Gasteiger partial charge on any atom is 0.242 e. The second kappa shape index (κ2) is 4.51. The van der Waals surface area contributed by atoms with E-state index in [2.05, 4.69) is 4.84 Å². The van der Waals surface area contributed by atoms with E-state index in [1.807, 2.05) is 29.3 Å². The normalized spacial score (nSPS) is 16.0. The number of anilines is 1. The molecule has 0 aliphatic carbocycles. The van der Waals surface area contributed by atoms with Crippen LogP contribution in [0.15, 0.2) is 24.3 Å². The minimum atomic E-state index is 0.148. The molecule has 0 atom stereocenters. The summed E-state index contributed by atoms with van der Waals surface area (Å²) in [5, 5.41) is 3.60. The van der Waals surface area contributed by atoms with Crippen LogP contribution in [-0.2, 0) is 16.2 Å². The summed E-state index contributed by atoms with van der Waals surface area (Å²) in [6.07, 6.45) is 0.574. The van der Waals surface area contributed by atoms with Gasteiger partial charge in [-0.15, -0.1) is 0 Å². The number of nitrogens with zero attached hydrogens (tertiary/aromatic N) is 2. The Morgan fingerprint density at radius 3 is 2.56 bits per heavy atom. The monoisotopic (exact) mass is 221 g/mol. The molecule has 2 rings (SSSR count). The quantitative estimate of drug-likeness (QED) is 0.762. The molecular weight excluding hydrogens is 206 g/mol. The van der Waals surface area contributed by atoms with Gasteiger partial charge >= 0.3 is 0 Å². The van der Waals surface area contributed by atoms with E-state index >= 15 is 0 Å². The van der Waals surface area contributed by atoms with Crippen molar-refractivity contribution in [2.45, 2.75) is 13.0 Å². The topological polar surface area (TPSA) is 58.8 Å². The predicted octanol–water partition coefficient (Wildman–Crippen LogP) is 0.660. The molecule has 1 heterocycles. The standard InChI is InChI=1S/C11H15N3O2/c1-13-11(15)6-7-14(13)10-4-2-9(3-5-10)8-16-12/h2-5H,6-8,12H2,1H3. The molecule has 5 heteroatoms. The van der Waals surface area contributed by atoms with Crippen molar-refractivity contribution >= 4 is 11.6 Å². The highest BCUT2D eigenvalue weighted by molar-refractivity contribution is 5.81. The fraction of sp³-hybridized carbons (Fsp3) is 0.364. The Morgan fingerprint density at radius 1 is 1.38 bits per heavy atom. The van der Waals surface area contributed by atoms with Gasteiger partial charge in [0.25, 0.3) is 0 Å². The van der Waals surface area contributed by atoms with Crippen molar-refractivity contribution in [1.29, 1.82) is 0 Å². The Bertz CT molecular complexity index is 377. The summed E-state index contributed by atoms with van der Waals surface area (Å²) < 4.78 is 0. The number of rotatable bonds is 3. The Kier molecular flexibility index (Phi) is 3.07. The molecule has 0 unspecified atom stereocenters. The Balaban J connectivity index is 2.13. The summed E-state index contributed by atoms with van der Waals surface area (Å²) in [4.78, 5) is 15.9. The lowest BCUT2D eigenvalue weighted by atomic mass is 10.2. The summed E-state index contributed by atoms with van der Waals surface area (Å²) in [6.45, 7) is 1.14. The van der Waals surface area contributed by atoms with Crippen molar-refractivity contribution in [3.63, 3.8) is 0 Å². The molecule has 0 spiro atoms. The van der Waals surface area contributed by atoms with Crippen LogP contribution in [0.1, 0.15) is 12.0 Å². The molecule has 1 amide bonds. The van der Waals surface area contributed by atoms with Gasteiger partial charge in [-0.2, -0.15) is 0 Å². The molecule has 1 fully saturated rings. The third-order valence-electron chi connectivity index (χ3n) is 2.74. The van der Waals surface area contributed by atoms with E-state index in [0.29, 0.717) is 13.0 Å². The lowest BCUT2D eigenvalue weighted by molar-refractivity contribution is -0.126. The number of carbonyl (C=O) groups is 1. The highest BCUT2D eigenvalue weighted by atomic mass is 16.6. The van der Waals surface area contributed by atoms with Crippen LogP contribution in [0.25, 0.3) is 0 Å². The molecule has 86 valence electrons. The van der Waals surface area contributed by atoms with E-state index in [1.54, 1.807) is 12.1 Å². The van der Waals surface area contributed by atoms with Crippen molar-refractivity contribution in [1.82, 2.24) is 5.01 Å². The molecular formula is C11H15N3O2. The van der Waals surface area contributed by atoms with Crippen molar-refractivity contribution in [3.05, 3.63) is 29.8 Å². The van der Waals surface area contributed by atoms with Gasteiger partial charge in [-0.3, -0.25) is 19.6 Å². The Hall–Kier alpha value is -1.59. The highest BCUT2D eigenvalue weighted by Gasteiger charge is 2.25. The van der Waals surface area contributed by atoms with Gasteiger partial charge in [0.05, 0.1) is 12.3 Å². The molecule has 2 N–H and O–H groups in total. The molecule has 1 aromatic rings. The van der Waals surface area contributed by atoms with E-state index in [4.69, 9.17) is 5.90 Å². The van der Waals surface area contributed by atoms with Gasteiger partial charge in [0, 0.05) is 20.0 Å². The van der Waals surface area contributed by atoms with Crippen LogP contribution < -0.4 is 10.9 Å². The molecule has 1 saturated heterocycles. The lowest BCUT2D eigenvalue weighted by Gasteiger charge is -2.26. The van der Waals surface area contributed by atoms with Crippen LogP contribution in [-0.4, -0.2) is 24.5 Å². The summed E-state index contributed by atoms with van der Waals surface area (Å²) in [7, 11) is 1.78. The molecule has 0 saturated carbocycles. The van der Waals surface area contributed by atoms with Crippen molar-refractivity contribution in [2.24, 2.45) is 5.90 Å². The minimum absolute atomic E-state index is 0.148. The first-order valence-corrected chi connectivity index (χ1v) is 5.17. The number of hydrogen-bond donors (Lipinski definition) is 1. The zero-order valence-corrected chi connectivity index (χ0v) is 9.22. The molecule has 5 nitrogen and oxygen atoms in total. The highest BCUT2D eigenvalue weighted by Crippen LogP contribution is 2.21. The first-order chi connectivity index (χ1) is 7.72. The van der Waals surface area contributed by atoms with Crippen LogP contribution >= 0.6 is 0 Å². The summed E-state index contributed by atoms with van der Waals surface area (Å²) in [5.74, 6) is 5.15. The van der Waals surface area contributed by atoms with Crippen molar-refractivity contribution < 1.29 is 9.63 Å². The second-order valence-electron chi connectivity index (χ2n) is 3.77. The predicted molar refractivity (Wildman–Crippen MR) is 60.2 cm³/mol. The van der Waals surface area contributed by atoms with Crippen LogP contribution in [0.4, 0.5) is 5.69 Å². The molecule has 1 aliphatic heterocycles. The smallest absolute Gasteiger partial charge is 0.242 e. The van der Waals surface area contributed by atoms with Gasteiger partial charge in [0.1, 0.15) is 0 Å². The van der Waals surface area contributed by atoms with Crippen LogP contribution in [0.5, 0.6) is 0 Å². The maximum absolute atomic E-state index is 11.4. The maximum atomic E-state index is 11.4. The van der Waals surface area contributed by atoms with E-state index < -0.39 is 0 Å². The van der Waals surface area contributed by atoms with Gasteiger partial charge in [0.15, 0.2) is 0 Å². The number of hydrogen-bond acceptors (Lipinski definition) is 4. The fourth-order valence-electron chi connectivity index (χ4n) is 1.81. The Labute approximate surface area is 94.3 Å². The number of carbonyl (C=O) groups excluding carboxylic acids is 1. The largest absolute Gasteiger partial charge is 0.300 e. The van der Waals surface area contributed by atoms with E-state index in [9.17, 15) is 4.79 Å². The average molecular weight is 221 g/mol. The Morgan fingerprint density at radius 2 is 2.06 bits per heavy atom. The van der Waals surface area contributed by atoms with E-state index in [-0.39, 0.29) is 5.91 Å². The number of hydrazine groups is 1. The zero-order chi connectivity index (χ0) is 11.5. The third kappa shape index (κ3) is 2.00. The number of nitrogens with two attached hydrogens (primary N) is 1. The van der Waals surface area contributed by atoms with Crippen LogP contribution in [0.3, 0.4) is 0 Å². The second-order valence-corrected chi connectivity index (χ2v) is 3.77. The van der Waals surface area contributed by atoms with Gasteiger partial charge < -0.3 is 0 Å². The van der Waals surface area contributed by atoms with Gasteiger partial charge in [-0.05, 0) is 17.7 Å². The zero-order valence-electron chi connectivity index (χ0n) is 9.22. The lowest BCUT2D eigenvalue weighted by Crippen LogP contribution is -2.35. The summed E-state index contributed by atoms with van der Waals surface area (Å²) >= 11 is 0. The van der Waals surface area contributed by atoms with E-state index in [1.165, 1.54) is 0 Å². The molecule has 0 aromatic heterocycles. The SMILES string of the molecule is CN1C(=O)CCN1c1ccc(CON)cc1. The number of amides is 1. The van der Waals surface area contributed by atoms with Gasteiger partial charge in [-0.1, -0.05) is 12.1 Å². The summed E-state index contributed by atoms with van der Waals surface area (Å²) in [5.41, 5.74) is 2.02. The number of benzene rings is 1. The van der Waals surface area contributed by atoms with Gasteiger partial charge in [0.2, 0.25) is 5.91 Å². The van der Waals surface area contributed by atoms with Crippen LogP contribution in [0, 0.1) is 0 Å². The minimum Gasteiger partial charge on any atom is -0.300 e. The first-order valence-electron chi connectivity index (χ1n) is 5.17. The van der Waals surface area contributed by atoms with Crippen molar-refractivity contribution in [2.75, 3.05) is 18.6 Å². The first kappa shape index (κ1) is 10.9. The molecule has 16 heavy (non-hydrogen) atoms. The molecule has 0 radical (unpaired) electrons. The average Bonchev–Trinajstić information content (AvgIpc) is 2.62. The van der Waals surface area contributed by atoms with Crippen LogP contribution in [0.2, 0.25) is 0 Å². The molecule has 0 bridgehead atoms. The third-order valence-corrected chi connectivity index (χ3v) is 2.74. The van der Waals surface area contributed by atoms with E-state index in [0.717, 1.165) is 17.8 Å². The molecule has 1 aliphatic rings. The molecule has 1 aromatic carbocycles. The van der Waals surface area contributed by atoms with Crippen molar-refractivity contribution in [3.8, 4) is 0 Å².